The maximum Gasteiger partial charge on any atom is 0.261 e. The largest absolute Gasteiger partial charge is 0.493 e. The molecule has 2 aromatic carbocycles. The van der Waals surface area contributed by atoms with E-state index in [9.17, 15) is 13.6 Å². The fourth-order valence-electron chi connectivity index (χ4n) is 7.41. The molecule has 12 heteroatoms. The van der Waals surface area contributed by atoms with Crippen LogP contribution < -0.4 is 20.9 Å². The van der Waals surface area contributed by atoms with E-state index in [4.69, 9.17) is 15.2 Å². The summed E-state index contributed by atoms with van der Waals surface area (Å²) in [5.74, 6) is 1.13. The number of hydrogen-bond donors (Lipinski definition) is 2. The van der Waals surface area contributed by atoms with Crippen molar-refractivity contribution < 1.29 is 18.3 Å². The first kappa shape index (κ1) is 31.7. The molecule has 4 fully saturated rings. The summed E-state index contributed by atoms with van der Waals surface area (Å²) in [6.07, 6.45) is 6.16. The number of hydrogen-bond acceptors (Lipinski definition) is 9. The molecule has 3 N–H and O–H groups in total. The van der Waals surface area contributed by atoms with E-state index in [0.29, 0.717) is 64.1 Å². The lowest BCUT2D eigenvalue weighted by atomic mass is 9.92. The van der Waals surface area contributed by atoms with Crippen molar-refractivity contribution in [3.8, 4) is 5.75 Å². The molecule has 0 saturated carbocycles. The first-order valence-corrected chi connectivity index (χ1v) is 17.8. The van der Waals surface area contributed by atoms with Gasteiger partial charge in [0, 0.05) is 74.5 Å². The molecular weight excluding hydrogens is 610 g/mol. The number of halogens is 2. The van der Waals surface area contributed by atoms with Gasteiger partial charge in [-0.15, -0.1) is 0 Å². The second-order valence-electron chi connectivity index (χ2n) is 13.3. The van der Waals surface area contributed by atoms with Crippen LogP contribution in [0.3, 0.4) is 0 Å². The molecule has 4 aliphatic rings. The number of H-pyrrole nitrogens is 1. The number of benzene rings is 2. The average Bonchev–Trinajstić information content (AvgIpc) is 3.03. The Morgan fingerprint density at radius 2 is 1.70 bits per heavy atom. The minimum Gasteiger partial charge on any atom is -0.493 e. The highest BCUT2D eigenvalue weighted by Crippen LogP contribution is 2.31. The molecule has 3 aromatic rings. The molecule has 4 saturated heterocycles. The number of piperidine rings is 2. The predicted molar refractivity (Wildman–Crippen MR) is 179 cm³/mol. The van der Waals surface area contributed by atoms with E-state index >= 15 is 0 Å². The zero-order valence-corrected chi connectivity index (χ0v) is 27.1. The van der Waals surface area contributed by atoms with E-state index in [-0.39, 0.29) is 11.2 Å². The Morgan fingerprint density at radius 1 is 0.935 bits per heavy atom. The molecule has 46 heavy (non-hydrogen) atoms. The van der Waals surface area contributed by atoms with E-state index in [1.165, 1.54) is 12.1 Å². The summed E-state index contributed by atoms with van der Waals surface area (Å²) < 4.78 is 40.9. The van der Waals surface area contributed by atoms with Crippen molar-refractivity contribution in [1.29, 1.82) is 0 Å². The van der Waals surface area contributed by atoms with Gasteiger partial charge in [-0.1, -0.05) is 0 Å². The Labute approximate surface area is 272 Å². The first-order valence-electron chi connectivity index (χ1n) is 16.7. The summed E-state index contributed by atoms with van der Waals surface area (Å²) in [5.41, 5.74) is 6.73. The smallest absolute Gasteiger partial charge is 0.261 e. The fourth-order valence-corrected chi connectivity index (χ4v) is 8.46. The summed E-state index contributed by atoms with van der Waals surface area (Å²) in [7, 11) is 0. The molecular formula is C34H44F2N6O3S. The molecule has 0 spiro atoms. The second kappa shape index (κ2) is 14.0. The first-order chi connectivity index (χ1) is 22.4. The molecule has 0 aliphatic carbocycles. The van der Waals surface area contributed by atoms with Crippen molar-refractivity contribution in [3.05, 3.63) is 58.1 Å². The number of aromatic amines is 1. The van der Waals surface area contributed by atoms with E-state index in [2.05, 4.69) is 24.7 Å². The van der Waals surface area contributed by atoms with Crippen LogP contribution in [0.1, 0.15) is 44.3 Å². The van der Waals surface area contributed by atoms with Gasteiger partial charge in [0.2, 0.25) is 0 Å². The molecule has 0 bridgehead atoms. The standard InChI is InChI=1S/C34H44F2N6O3S/c35-28-15-23(37)1-2-31(28)41-11-5-24(6-12-41)42-18-25(19-42)40-9-3-22(4-10-40)20-45-26-16-29(36)33-30(17-26)38-32(39-34(33)43)21-46-27-7-13-44-14-8-27/h1-2,15-17,22,24-25,27H,3-14,18-21,37H2,(H,38,39,43). The summed E-state index contributed by atoms with van der Waals surface area (Å²) in [6, 6.07) is 9.13. The van der Waals surface area contributed by atoms with Crippen LogP contribution in [0.15, 0.2) is 35.1 Å². The number of anilines is 2. The molecule has 0 amide bonds. The van der Waals surface area contributed by atoms with Gasteiger partial charge in [-0.2, -0.15) is 11.8 Å². The highest BCUT2D eigenvalue weighted by molar-refractivity contribution is 7.99. The number of thioether (sulfide) groups is 1. The quantitative estimate of drug-likeness (QED) is 0.320. The SMILES string of the molecule is Nc1ccc(N2CCC(N3CC(N4CCC(COc5cc(F)c6c(=O)[nH]c(CSC7CCOCC7)nc6c5)CC4)C3)CC2)c(F)c1. The van der Waals surface area contributed by atoms with Gasteiger partial charge in [0.05, 0.1) is 23.6 Å². The third-order valence-corrected chi connectivity index (χ3v) is 11.6. The number of rotatable bonds is 9. The molecule has 248 valence electrons. The Morgan fingerprint density at radius 3 is 2.43 bits per heavy atom. The second-order valence-corrected chi connectivity index (χ2v) is 14.6. The summed E-state index contributed by atoms with van der Waals surface area (Å²) in [6.45, 7) is 8.06. The normalized spacial score (nSPS) is 21.6. The van der Waals surface area contributed by atoms with Crippen LogP contribution in [-0.4, -0.2) is 96.2 Å². The number of fused-ring (bicyclic) bond motifs is 1. The molecule has 1 aromatic heterocycles. The molecule has 5 heterocycles. The lowest BCUT2D eigenvalue weighted by Crippen LogP contribution is -2.64. The highest BCUT2D eigenvalue weighted by atomic mass is 32.2. The Hall–Kier alpha value is -2.93. The number of nitrogens with two attached hydrogens (primary N) is 1. The number of nitrogens with one attached hydrogen (secondary N) is 1. The highest BCUT2D eigenvalue weighted by Gasteiger charge is 2.38. The third kappa shape index (κ3) is 7.14. The Bertz CT molecular complexity index is 1560. The van der Waals surface area contributed by atoms with E-state index in [1.807, 2.05) is 0 Å². The van der Waals surface area contributed by atoms with Crippen molar-refractivity contribution in [2.45, 2.75) is 61.6 Å². The van der Waals surface area contributed by atoms with Crippen molar-refractivity contribution in [2.75, 3.05) is 69.7 Å². The Balaban J connectivity index is 0.853. The lowest BCUT2D eigenvalue weighted by Gasteiger charge is -2.52. The van der Waals surface area contributed by atoms with Gasteiger partial charge in [-0.3, -0.25) is 14.6 Å². The summed E-state index contributed by atoms with van der Waals surface area (Å²) in [4.78, 5) is 27.4. The minimum absolute atomic E-state index is 0.0173. The fraction of sp³-hybridized carbons (Fsp3) is 0.588. The summed E-state index contributed by atoms with van der Waals surface area (Å²) >= 11 is 1.76. The van der Waals surface area contributed by atoms with Crippen LogP contribution in [0, 0.1) is 17.6 Å². The maximum atomic E-state index is 15.0. The van der Waals surface area contributed by atoms with E-state index < -0.39 is 11.4 Å². The molecule has 9 nitrogen and oxygen atoms in total. The molecule has 7 rings (SSSR count). The van der Waals surface area contributed by atoms with Gasteiger partial charge in [0.1, 0.15) is 28.6 Å². The number of aromatic nitrogens is 2. The van der Waals surface area contributed by atoms with Crippen LogP contribution in [0.4, 0.5) is 20.2 Å². The third-order valence-electron chi connectivity index (χ3n) is 10.2. The topological polar surface area (TPSA) is 100.0 Å². The molecule has 0 unspecified atom stereocenters. The van der Waals surface area contributed by atoms with Gasteiger partial charge in [-0.05, 0) is 75.7 Å². The molecule has 4 aliphatic heterocycles. The van der Waals surface area contributed by atoms with Crippen molar-refractivity contribution in [1.82, 2.24) is 19.8 Å². The number of ether oxygens (including phenoxy) is 2. The van der Waals surface area contributed by atoms with Crippen molar-refractivity contribution >= 4 is 34.0 Å². The minimum atomic E-state index is -0.600. The van der Waals surface area contributed by atoms with Gasteiger partial charge in [-0.25, -0.2) is 13.8 Å². The maximum absolute atomic E-state index is 15.0. The van der Waals surface area contributed by atoms with Crippen LogP contribution in [0.25, 0.3) is 10.9 Å². The predicted octanol–water partition coefficient (Wildman–Crippen LogP) is 4.64. The van der Waals surface area contributed by atoms with Gasteiger partial charge in [0.15, 0.2) is 0 Å². The average molecular weight is 655 g/mol. The lowest BCUT2D eigenvalue weighted by molar-refractivity contribution is -0.0181. The van der Waals surface area contributed by atoms with Crippen LogP contribution in [0.5, 0.6) is 5.75 Å². The van der Waals surface area contributed by atoms with Crippen molar-refractivity contribution in [2.24, 2.45) is 5.92 Å². The number of likely N-dealkylation sites (tertiary alicyclic amines) is 2. The van der Waals surface area contributed by atoms with E-state index in [1.54, 1.807) is 30.0 Å². The van der Waals surface area contributed by atoms with Crippen molar-refractivity contribution in [3.63, 3.8) is 0 Å². The van der Waals surface area contributed by atoms with Gasteiger partial charge in [0.25, 0.3) is 5.56 Å². The molecule has 0 radical (unpaired) electrons. The van der Waals surface area contributed by atoms with Crippen LogP contribution in [0.2, 0.25) is 0 Å². The number of nitrogens with zero attached hydrogens (tertiary/aromatic N) is 4. The van der Waals surface area contributed by atoms with Crippen LogP contribution >= 0.6 is 11.8 Å². The van der Waals surface area contributed by atoms with Gasteiger partial charge >= 0.3 is 0 Å². The zero-order chi connectivity index (χ0) is 31.6. The van der Waals surface area contributed by atoms with Crippen LogP contribution in [-0.2, 0) is 10.5 Å². The molecule has 0 atom stereocenters. The zero-order valence-electron chi connectivity index (χ0n) is 26.3. The summed E-state index contributed by atoms with van der Waals surface area (Å²) in [5, 5.41) is 0.463. The Kier molecular flexibility index (Phi) is 9.67. The monoisotopic (exact) mass is 654 g/mol. The number of nitrogen functional groups attached to an aromatic ring is 1. The van der Waals surface area contributed by atoms with Gasteiger partial charge < -0.3 is 25.1 Å². The van der Waals surface area contributed by atoms with E-state index in [0.717, 1.165) is 91.0 Å².